The minimum absolute atomic E-state index is 0.370. The Morgan fingerprint density at radius 1 is 0.962 bits per heavy atom. The number of benzene rings is 2. The Balaban J connectivity index is 1.79. The van der Waals surface area contributed by atoms with Crippen LogP contribution in [0.1, 0.15) is 33.3 Å². The first kappa shape index (κ1) is 17.7. The van der Waals surface area contributed by atoms with Crippen LogP contribution in [0, 0.1) is 0 Å². The number of fused-ring (bicyclic) bond motifs is 3. The van der Waals surface area contributed by atoms with Crippen molar-refractivity contribution in [3.8, 4) is 0 Å². The summed E-state index contributed by atoms with van der Waals surface area (Å²) in [6.45, 7) is 8.23. The van der Waals surface area contributed by atoms with E-state index in [1.807, 2.05) is 18.2 Å². The molecular weight excluding hydrogens is 343 g/mol. The molecule has 1 aliphatic rings. The summed E-state index contributed by atoms with van der Waals surface area (Å²) in [5.74, 6) is 0.549. The van der Waals surface area contributed by atoms with Crippen molar-refractivity contribution in [1.82, 2.24) is 0 Å². The molecule has 0 spiro atoms. The normalized spacial score (nSPS) is 19.6. The first-order valence-corrected chi connectivity index (χ1v) is 9.53. The summed E-state index contributed by atoms with van der Waals surface area (Å²) in [4.78, 5) is 0. The van der Waals surface area contributed by atoms with Gasteiger partial charge in [-0.25, -0.2) is 0 Å². The molecule has 0 atom stereocenters. The Kier molecular flexibility index (Phi) is 4.22. The second kappa shape index (κ2) is 6.19. The summed E-state index contributed by atoms with van der Waals surface area (Å²) in [6.07, 6.45) is 2.08. The molecule has 3 aromatic rings. The largest absolute Gasteiger partial charge is 0.491 e. The molecule has 0 bridgehead atoms. The van der Waals surface area contributed by atoms with E-state index < -0.39 is 7.12 Å². The first-order valence-electron chi connectivity index (χ1n) is 8.90. The van der Waals surface area contributed by atoms with Gasteiger partial charge in [-0.3, -0.25) is 0 Å². The molecular formula is C21H23BO3S. The second-order valence-corrected chi connectivity index (χ2v) is 8.10. The van der Waals surface area contributed by atoms with E-state index >= 15 is 0 Å². The van der Waals surface area contributed by atoms with Crippen LogP contribution in [0.15, 0.2) is 52.4 Å². The molecule has 2 heterocycles. The van der Waals surface area contributed by atoms with Gasteiger partial charge in [-0.1, -0.05) is 42.5 Å². The number of furan rings is 1. The van der Waals surface area contributed by atoms with Gasteiger partial charge in [-0.05, 0) is 39.2 Å². The fourth-order valence-corrected chi connectivity index (χ4v) is 3.51. The van der Waals surface area contributed by atoms with Crippen LogP contribution in [0.25, 0.3) is 28.0 Å². The average molecular weight is 366 g/mol. The van der Waals surface area contributed by atoms with Crippen molar-refractivity contribution in [3.05, 3.63) is 53.5 Å². The lowest BCUT2D eigenvalue weighted by Crippen LogP contribution is -2.41. The lowest BCUT2D eigenvalue weighted by atomic mass is 9.78. The molecule has 0 saturated carbocycles. The van der Waals surface area contributed by atoms with Gasteiger partial charge in [0.2, 0.25) is 0 Å². The highest BCUT2D eigenvalue weighted by molar-refractivity contribution is 7.80. The molecule has 1 aliphatic heterocycles. The third-order valence-electron chi connectivity index (χ3n) is 5.51. The van der Waals surface area contributed by atoms with Gasteiger partial charge >= 0.3 is 7.12 Å². The molecule has 5 heteroatoms. The van der Waals surface area contributed by atoms with E-state index in [9.17, 15) is 0 Å². The zero-order valence-corrected chi connectivity index (χ0v) is 16.5. The van der Waals surface area contributed by atoms with Gasteiger partial charge in [-0.15, -0.1) is 0 Å². The average Bonchev–Trinajstić information content (AvgIpc) is 3.07. The Hall–Kier alpha value is -1.69. The third-order valence-corrected chi connectivity index (χ3v) is 5.88. The van der Waals surface area contributed by atoms with Crippen LogP contribution in [0.2, 0.25) is 0 Å². The van der Waals surface area contributed by atoms with Gasteiger partial charge in [0, 0.05) is 22.1 Å². The zero-order chi connectivity index (χ0) is 18.5. The predicted molar refractivity (Wildman–Crippen MR) is 112 cm³/mol. The van der Waals surface area contributed by atoms with Gasteiger partial charge in [0.1, 0.15) is 11.2 Å². The summed E-state index contributed by atoms with van der Waals surface area (Å²) >= 11 is 4.52. The van der Waals surface area contributed by atoms with Crippen molar-refractivity contribution in [2.24, 2.45) is 0 Å². The van der Waals surface area contributed by atoms with Gasteiger partial charge in [0.25, 0.3) is 0 Å². The maximum Gasteiger partial charge on any atom is 0.491 e. The third kappa shape index (κ3) is 2.79. The van der Waals surface area contributed by atoms with E-state index in [1.54, 1.807) is 0 Å². The number of rotatable bonds is 3. The van der Waals surface area contributed by atoms with Crippen LogP contribution in [0.4, 0.5) is 0 Å². The zero-order valence-electron chi connectivity index (χ0n) is 15.6. The Labute approximate surface area is 159 Å². The Bertz CT molecular complexity index is 987. The first-order chi connectivity index (χ1) is 12.3. The van der Waals surface area contributed by atoms with E-state index in [4.69, 9.17) is 13.7 Å². The molecule has 26 heavy (non-hydrogen) atoms. The van der Waals surface area contributed by atoms with Gasteiger partial charge < -0.3 is 13.7 Å². The minimum atomic E-state index is -0.405. The quantitative estimate of drug-likeness (QED) is 0.488. The number of hydrogen-bond donors (Lipinski definition) is 1. The number of hydrogen-bond acceptors (Lipinski definition) is 4. The van der Waals surface area contributed by atoms with Crippen molar-refractivity contribution >= 4 is 47.8 Å². The lowest BCUT2D eigenvalue weighted by Gasteiger charge is -2.32. The van der Waals surface area contributed by atoms with Gasteiger partial charge in [0.15, 0.2) is 0 Å². The molecule has 4 rings (SSSR count). The highest BCUT2D eigenvalue weighted by Crippen LogP contribution is 2.39. The van der Waals surface area contributed by atoms with Crippen molar-refractivity contribution in [2.45, 2.75) is 38.9 Å². The smallest absolute Gasteiger partial charge is 0.455 e. The highest BCUT2D eigenvalue weighted by atomic mass is 32.1. The van der Waals surface area contributed by atoms with Crippen LogP contribution in [-0.4, -0.2) is 24.1 Å². The Morgan fingerprint density at radius 3 is 2.31 bits per heavy atom. The molecule has 1 saturated heterocycles. The lowest BCUT2D eigenvalue weighted by molar-refractivity contribution is 0.00578. The van der Waals surface area contributed by atoms with E-state index in [1.165, 1.54) is 0 Å². The van der Waals surface area contributed by atoms with Gasteiger partial charge in [0.05, 0.1) is 11.2 Å². The fourth-order valence-electron chi connectivity index (χ4n) is 3.27. The van der Waals surface area contributed by atoms with Crippen LogP contribution in [-0.2, 0) is 9.31 Å². The van der Waals surface area contributed by atoms with E-state index in [0.717, 1.165) is 33.0 Å². The number of para-hydroxylation sites is 2. The summed E-state index contributed by atoms with van der Waals surface area (Å²) < 4.78 is 18.5. The molecule has 1 fully saturated rings. The monoisotopic (exact) mass is 366 g/mol. The molecule has 0 radical (unpaired) electrons. The van der Waals surface area contributed by atoms with E-state index in [-0.39, 0.29) is 11.2 Å². The molecule has 0 amide bonds. The molecule has 0 unspecified atom stereocenters. The van der Waals surface area contributed by atoms with Crippen molar-refractivity contribution in [2.75, 3.05) is 5.75 Å². The molecule has 0 N–H and O–H groups in total. The summed E-state index contributed by atoms with van der Waals surface area (Å²) in [5, 5.41) is 2.24. The molecule has 134 valence electrons. The van der Waals surface area contributed by atoms with E-state index in [2.05, 4.69) is 70.7 Å². The van der Waals surface area contributed by atoms with Crippen molar-refractivity contribution < 1.29 is 13.7 Å². The van der Waals surface area contributed by atoms with Crippen LogP contribution in [0.3, 0.4) is 0 Å². The summed E-state index contributed by atoms with van der Waals surface area (Å²) in [5.41, 5.74) is 3.03. The maximum atomic E-state index is 6.19. The van der Waals surface area contributed by atoms with Crippen LogP contribution in [0.5, 0.6) is 0 Å². The Morgan fingerprint density at radius 2 is 1.62 bits per heavy atom. The fraction of sp³-hybridized carbons (Fsp3) is 0.333. The molecule has 3 nitrogen and oxygen atoms in total. The molecule has 1 aromatic heterocycles. The van der Waals surface area contributed by atoms with Crippen LogP contribution < -0.4 is 0 Å². The SMILES string of the molecule is CC1(C)OB(C(=Cc2cccc3c2oc2ccccc23)CS)OC1(C)C. The highest BCUT2D eigenvalue weighted by Gasteiger charge is 2.52. The summed E-state index contributed by atoms with van der Waals surface area (Å²) in [7, 11) is -0.405. The second-order valence-electron chi connectivity index (χ2n) is 7.79. The minimum Gasteiger partial charge on any atom is -0.455 e. The number of thiol groups is 1. The van der Waals surface area contributed by atoms with Crippen LogP contribution >= 0.6 is 12.6 Å². The van der Waals surface area contributed by atoms with Gasteiger partial charge in [-0.2, -0.15) is 12.6 Å². The van der Waals surface area contributed by atoms with E-state index in [0.29, 0.717) is 5.75 Å². The van der Waals surface area contributed by atoms with Crippen molar-refractivity contribution in [3.63, 3.8) is 0 Å². The molecule has 0 aliphatic carbocycles. The predicted octanol–water partition coefficient (Wildman–Crippen LogP) is 5.53. The standard InChI is InChI=1S/C21H23BO3S/c1-20(2)21(3,4)25-22(24-20)15(13-26)12-14-8-7-10-17-16-9-5-6-11-18(16)23-19(14)17/h5-12,26H,13H2,1-4H3. The maximum absolute atomic E-state index is 6.19. The van der Waals surface area contributed by atoms with Crippen molar-refractivity contribution in [1.29, 1.82) is 0 Å². The topological polar surface area (TPSA) is 31.6 Å². The summed E-state index contributed by atoms with van der Waals surface area (Å²) in [6, 6.07) is 14.3. The molecule has 2 aromatic carbocycles.